The van der Waals surface area contributed by atoms with Gasteiger partial charge in [-0.1, -0.05) is 309 Å². The van der Waals surface area contributed by atoms with E-state index in [9.17, 15) is 0 Å². The lowest BCUT2D eigenvalue weighted by Crippen LogP contribution is -2.55. The lowest BCUT2D eigenvalue weighted by atomic mass is 9.43. The molecule has 0 amide bonds. The van der Waals surface area contributed by atoms with Gasteiger partial charge in [-0.05, 0) is 397 Å². The Morgan fingerprint density at radius 2 is 0.486 bits per heavy atom. The number of benzene rings is 20. The number of rotatable bonds is 10. The van der Waals surface area contributed by atoms with Crippen LogP contribution in [0, 0.1) is 71.0 Å². The first kappa shape index (κ1) is 81.9. The van der Waals surface area contributed by atoms with Crippen LogP contribution in [-0.2, 0) is 16.2 Å². The summed E-state index contributed by atoms with van der Waals surface area (Å²) < 4.78 is 6.43. The highest BCUT2D eigenvalue weighted by molar-refractivity contribution is 6.15. The summed E-state index contributed by atoms with van der Waals surface area (Å²) in [5.74, 6) is 10.3. The van der Waals surface area contributed by atoms with E-state index in [1.807, 2.05) is 6.07 Å². The van der Waals surface area contributed by atoms with Crippen LogP contribution < -0.4 is 14.7 Å². The van der Waals surface area contributed by atoms with Gasteiger partial charge in [-0.15, -0.1) is 0 Å². The molecule has 0 radical (unpaired) electrons. The molecule has 15 aliphatic carbocycles. The molecule has 0 atom stereocenters. The van der Waals surface area contributed by atoms with E-state index in [1.54, 1.807) is 33.4 Å². The van der Waals surface area contributed by atoms with Crippen molar-refractivity contribution in [1.29, 1.82) is 0 Å². The highest BCUT2D eigenvalue weighted by atomic mass is 16.3. The first-order valence-electron chi connectivity index (χ1n) is 53.2. The topological polar surface area (TPSA) is 22.9 Å². The van der Waals surface area contributed by atoms with Gasteiger partial charge in [-0.25, -0.2) is 0 Å². The van der Waals surface area contributed by atoms with Crippen LogP contribution in [0.4, 0.5) is 51.2 Å². The minimum Gasteiger partial charge on any atom is -0.456 e. The highest BCUT2D eigenvalue weighted by Gasteiger charge is 2.65. The quantitative estimate of drug-likeness (QED) is 0.127. The zero-order valence-corrected chi connectivity index (χ0v) is 80.1. The van der Waals surface area contributed by atoms with Crippen LogP contribution in [0.5, 0.6) is 0 Å². The number of anilines is 9. The van der Waals surface area contributed by atoms with Gasteiger partial charge in [-0.3, -0.25) is 0 Å². The molecule has 0 unspecified atom stereocenters. The summed E-state index contributed by atoms with van der Waals surface area (Å²) >= 11 is 0. The van der Waals surface area contributed by atoms with Crippen molar-refractivity contribution >= 4 is 138 Å². The van der Waals surface area contributed by atoms with Crippen LogP contribution >= 0.6 is 0 Å². The first-order valence-corrected chi connectivity index (χ1v) is 53.2. The lowest BCUT2D eigenvalue weighted by Gasteiger charge is -2.61. The SMILES string of the molecule is c1ccc2c(c1)-c1cc(N(c3ccc(-c4cc5ccccc5c5ccccc45)cc3)c3ccc4ccccc4c3)ccc1C21C2CC3CC(C2)CC1C3.c1ccc2c(c1)-c1cc(N(c3ccc4c(c3)oc3ccccc34)c3cccc4ccccc34)ccc1C21C2CC3CC(C2)CC1C3.c1ccc2c(c1)-c1cc(N(c3cccc4ccccc34)c3cccc4ccccc34)ccc1C21C2CC3CC(C2)CC1C3. The summed E-state index contributed by atoms with van der Waals surface area (Å²) in [5, 5.41) is 17.6. The molecule has 684 valence electrons. The van der Waals surface area contributed by atoms with Gasteiger partial charge >= 0.3 is 0 Å². The van der Waals surface area contributed by atoms with Gasteiger partial charge in [0.05, 0.1) is 17.1 Å². The maximum absolute atomic E-state index is 6.43. The van der Waals surface area contributed by atoms with Gasteiger partial charge < -0.3 is 19.1 Å². The van der Waals surface area contributed by atoms with E-state index in [0.29, 0.717) is 0 Å². The van der Waals surface area contributed by atoms with Crippen molar-refractivity contribution in [2.24, 2.45) is 71.0 Å². The summed E-state index contributed by atoms with van der Waals surface area (Å²) in [6.45, 7) is 0. The van der Waals surface area contributed by atoms with Crippen molar-refractivity contribution in [2.75, 3.05) is 14.7 Å². The van der Waals surface area contributed by atoms with E-state index >= 15 is 0 Å². The summed E-state index contributed by atoms with van der Waals surface area (Å²) in [5.41, 5.74) is 34.1. The molecule has 0 aliphatic heterocycles. The summed E-state index contributed by atoms with van der Waals surface area (Å²) in [7, 11) is 0. The van der Waals surface area contributed by atoms with E-state index in [2.05, 4.69) is 427 Å². The summed E-state index contributed by atoms with van der Waals surface area (Å²) in [4.78, 5) is 7.47. The van der Waals surface area contributed by atoms with Crippen molar-refractivity contribution in [3.8, 4) is 44.5 Å². The molecule has 0 N–H and O–H groups in total. The molecule has 0 saturated heterocycles. The monoisotopic (exact) mass is 1830 g/mol. The largest absolute Gasteiger partial charge is 0.456 e. The van der Waals surface area contributed by atoms with E-state index in [1.165, 1.54) is 251 Å². The van der Waals surface area contributed by atoms with E-state index in [0.717, 1.165) is 98.6 Å². The second-order valence-electron chi connectivity index (χ2n) is 44.9. The fourth-order valence-electron chi connectivity index (χ4n) is 33.6. The molecule has 1 aromatic heterocycles. The smallest absolute Gasteiger partial charge is 0.137 e. The third-order valence-corrected chi connectivity index (χ3v) is 38.2. The van der Waals surface area contributed by atoms with Gasteiger partial charge in [0, 0.05) is 83.4 Å². The normalized spacial score (nSPS) is 25.0. The Morgan fingerprint density at radius 1 is 0.169 bits per heavy atom. The highest BCUT2D eigenvalue weighted by Crippen LogP contribution is 2.74. The first-order chi connectivity index (χ1) is 70.3. The maximum Gasteiger partial charge on any atom is 0.137 e. The molecule has 36 rings (SSSR count). The number of hydrogen-bond acceptors (Lipinski definition) is 4. The van der Waals surface area contributed by atoms with Crippen LogP contribution in [-0.4, -0.2) is 0 Å². The molecule has 15 aliphatic rings. The molecule has 3 spiro atoms. The molecule has 1 heterocycles. The van der Waals surface area contributed by atoms with Crippen LogP contribution in [0.3, 0.4) is 0 Å². The molecule has 12 bridgehead atoms. The fourth-order valence-corrected chi connectivity index (χ4v) is 33.6. The third kappa shape index (κ3) is 12.0. The standard InChI is InChI=1S/C52H41N.C44H35NO.C42H35N/c1-2-10-37-30-42(22-17-35(37)9-1)53(41-20-18-36(19-21-41)48-31-38-11-3-4-12-44(38)45-13-5-6-14-46(45)48)43-23-24-51-49(32-43)47-15-7-8-16-50(47)52(51)39-26-33-25-34(28-39)29-40(52)27-33;1-2-10-34-29(8-1)9-7-14-41(34)45(33-16-18-37-36-12-4-6-15-42(36)46-43(37)26-33)32-17-19-40-38(25-32)35-11-3-5-13-39(35)44(40)30-21-27-20-28(23-30)24-31(44)22-27;1-3-13-34-29(9-1)11-7-17-40(34)43(41-18-8-12-30-10-2-4-14-35(30)41)33-19-20-39-37(26-33)36-15-5-6-16-38(36)42(39)31-22-27-21-28(24-31)25-32(42)23-27/h1-24,30-34,39-40H,25-29H2;1-19,25-28,30-31H,20-24H2;1-20,26-28,31-32H,21-25H2. The number of furan rings is 1. The third-order valence-electron chi connectivity index (χ3n) is 38.2. The molecular formula is C138H111N3O. The minimum atomic E-state index is 0.176. The average Bonchev–Trinajstić information content (AvgIpc) is 1.51. The van der Waals surface area contributed by atoms with Crippen LogP contribution in [0.1, 0.15) is 130 Å². The van der Waals surface area contributed by atoms with Crippen molar-refractivity contribution in [1.82, 2.24) is 0 Å². The van der Waals surface area contributed by atoms with Crippen molar-refractivity contribution in [3.05, 3.63) is 452 Å². The Morgan fingerprint density at radius 3 is 0.958 bits per heavy atom. The Hall–Kier alpha value is -14.8. The number of fused-ring (bicyclic) bond motifs is 19. The Balaban J connectivity index is 0.0000000982. The van der Waals surface area contributed by atoms with E-state index in [4.69, 9.17) is 4.42 Å². The van der Waals surface area contributed by atoms with E-state index in [-0.39, 0.29) is 16.2 Å². The van der Waals surface area contributed by atoms with Crippen molar-refractivity contribution in [3.63, 3.8) is 0 Å². The summed E-state index contributed by atoms with van der Waals surface area (Å²) in [6.07, 6.45) is 21.4. The van der Waals surface area contributed by atoms with Crippen LogP contribution in [0.25, 0.3) is 131 Å². The number of para-hydroxylation sites is 1. The molecule has 12 fully saturated rings. The molecule has 20 aromatic carbocycles. The second-order valence-corrected chi connectivity index (χ2v) is 44.9. The fraction of sp³-hybridized carbons (Fsp3) is 0.217. The number of hydrogen-bond donors (Lipinski definition) is 0. The Bertz CT molecular complexity index is 8610. The van der Waals surface area contributed by atoms with Crippen molar-refractivity contribution < 1.29 is 4.42 Å². The predicted octanol–water partition coefficient (Wildman–Crippen LogP) is 37.1. The molecular weight excluding hydrogens is 1720 g/mol. The Kier molecular flexibility index (Phi) is 18.2. The minimum absolute atomic E-state index is 0.176. The average molecular weight is 1830 g/mol. The zero-order valence-electron chi connectivity index (χ0n) is 80.1. The van der Waals surface area contributed by atoms with E-state index < -0.39 is 0 Å². The Labute approximate surface area is 831 Å². The van der Waals surface area contributed by atoms with Gasteiger partial charge in [0.1, 0.15) is 11.2 Å². The van der Waals surface area contributed by atoms with Gasteiger partial charge in [0.15, 0.2) is 0 Å². The van der Waals surface area contributed by atoms with Crippen molar-refractivity contribution in [2.45, 2.75) is 113 Å². The van der Waals surface area contributed by atoms with Crippen LogP contribution in [0.15, 0.2) is 423 Å². The zero-order chi connectivity index (χ0) is 92.8. The molecule has 142 heavy (non-hydrogen) atoms. The van der Waals surface area contributed by atoms with Gasteiger partial charge in [-0.2, -0.15) is 0 Å². The van der Waals surface area contributed by atoms with Gasteiger partial charge in [0.25, 0.3) is 0 Å². The molecule has 4 heteroatoms. The summed E-state index contributed by atoms with van der Waals surface area (Å²) in [6, 6.07) is 158. The van der Waals surface area contributed by atoms with Gasteiger partial charge in [0.2, 0.25) is 0 Å². The molecule has 4 nitrogen and oxygen atoms in total. The lowest BCUT2D eigenvalue weighted by molar-refractivity contribution is -0.0399. The number of nitrogens with zero attached hydrogens (tertiary/aromatic N) is 3. The predicted molar refractivity (Wildman–Crippen MR) is 591 cm³/mol. The molecule has 21 aromatic rings. The van der Waals surface area contributed by atoms with Crippen LogP contribution in [0.2, 0.25) is 0 Å². The second kappa shape index (κ2) is 31.6. The molecule has 12 saturated carbocycles. The maximum atomic E-state index is 6.43.